The van der Waals surface area contributed by atoms with E-state index in [0.717, 1.165) is 63.6 Å². The molecule has 1 N–H and O–H groups in total. The molecular formula is C24H29N5O3. The van der Waals surface area contributed by atoms with Gasteiger partial charge in [-0.15, -0.1) is 0 Å². The molecule has 1 amide bonds. The average molecular weight is 436 g/mol. The van der Waals surface area contributed by atoms with Crippen molar-refractivity contribution in [2.75, 3.05) is 13.1 Å². The molecule has 1 saturated carbocycles. The number of hydrogen-bond donors (Lipinski definition) is 1. The number of ether oxygens (including phenoxy) is 1. The fourth-order valence-corrected chi connectivity index (χ4v) is 4.87. The number of benzene rings is 1. The molecule has 0 atom stereocenters. The lowest BCUT2D eigenvalue weighted by atomic mass is 9.83. The van der Waals surface area contributed by atoms with Gasteiger partial charge < -0.3 is 9.64 Å². The van der Waals surface area contributed by atoms with Crippen molar-refractivity contribution in [2.24, 2.45) is 0 Å². The highest BCUT2D eigenvalue weighted by Crippen LogP contribution is 2.35. The molecule has 5 rings (SSSR count). The maximum atomic E-state index is 13.4. The van der Waals surface area contributed by atoms with Gasteiger partial charge in [0.15, 0.2) is 5.82 Å². The molecule has 0 radical (unpaired) electrons. The molecular weight excluding hydrogens is 406 g/mol. The molecule has 0 spiro atoms. The van der Waals surface area contributed by atoms with Crippen molar-refractivity contribution in [1.29, 1.82) is 0 Å². The third-order valence-electron chi connectivity index (χ3n) is 6.62. The number of carbonyl (C=O) groups excluding carboxylic acids is 1. The maximum absolute atomic E-state index is 13.4. The Hall–Kier alpha value is -3.00. The smallest absolute Gasteiger partial charge is 0.274 e. The summed E-state index contributed by atoms with van der Waals surface area (Å²) in [5, 5.41) is 3.01. The number of aromatic nitrogens is 4. The lowest BCUT2D eigenvalue weighted by Crippen LogP contribution is -2.53. The third-order valence-corrected chi connectivity index (χ3v) is 6.62. The van der Waals surface area contributed by atoms with Gasteiger partial charge in [0.2, 0.25) is 0 Å². The Labute approximate surface area is 186 Å². The summed E-state index contributed by atoms with van der Waals surface area (Å²) in [6, 6.07) is 11.1. The summed E-state index contributed by atoms with van der Waals surface area (Å²) in [5.74, 6) is 0.994. The zero-order valence-corrected chi connectivity index (χ0v) is 18.3. The van der Waals surface area contributed by atoms with Gasteiger partial charge in [0.25, 0.3) is 17.2 Å². The number of fused-ring (bicyclic) bond motifs is 1. The van der Waals surface area contributed by atoms with E-state index < -0.39 is 5.60 Å². The molecule has 0 bridgehead atoms. The zero-order valence-electron chi connectivity index (χ0n) is 18.3. The molecule has 1 aliphatic carbocycles. The first kappa shape index (κ1) is 20.9. The summed E-state index contributed by atoms with van der Waals surface area (Å²) in [7, 11) is 0. The highest BCUT2D eigenvalue weighted by atomic mass is 16.5. The monoisotopic (exact) mass is 435 g/mol. The molecule has 1 saturated heterocycles. The predicted molar refractivity (Wildman–Crippen MR) is 120 cm³/mol. The Balaban J connectivity index is 1.39. The highest BCUT2D eigenvalue weighted by Gasteiger charge is 2.43. The van der Waals surface area contributed by atoms with Crippen LogP contribution in [0.25, 0.3) is 17.2 Å². The first-order valence-corrected chi connectivity index (χ1v) is 11.6. The third kappa shape index (κ3) is 4.07. The Morgan fingerprint density at radius 3 is 2.47 bits per heavy atom. The van der Waals surface area contributed by atoms with Gasteiger partial charge in [-0.25, -0.2) is 4.98 Å². The van der Waals surface area contributed by atoms with E-state index >= 15 is 0 Å². The number of amides is 1. The molecule has 1 aromatic carbocycles. The first-order chi connectivity index (χ1) is 15.6. The topological polar surface area (TPSA) is 92.6 Å². The van der Waals surface area contributed by atoms with Gasteiger partial charge in [-0.05, 0) is 32.1 Å². The molecule has 8 nitrogen and oxygen atoms in total. The van der Waals surface area contributed by atoms with Crippen LogP contribution in [0.1, 0.15) is 57.1 Å². The number of rotatable bonds is 5. The van der Waals surface area contributed by atoms with Crippen LogP contribution < -0.4 is 5.56 Å². The summed E-state index contributed by atoms with van der Waals surface area (Å²) in [6.07, 6.45) is 7.83. The predicted octanol–water partition coefficient (Wildman–Crippen LogP) is 3.32. The van der Waals surface area contributed by atoms with Crippen molar-refractivity contribution in [1.82, 2.24) is 24.5 Å². The fourth-order valence-electron chi connectivity index (χ4n) is 4.87. The van der Waals surface area contributed by atoms with Crippen LogP contribution in [-0.4, -0.2) is 49.1 Å². The quantitative estimate of drug-likeness (QED) is 0.664. The lowest BCUT2D eigenvalue weighted by molar-refractivity contribution is -0.167. The summed E-state index contributed by atoms with van der Waals surface area (Å²) in [5.41, 5.74) is 0.327. The van der Waals surface area contributed by atoms with E-state index in [2.05, 4.69) is 15.1 Å². The SMILES string of the molecule is O=C(N1CCCCC1)C1(OCc2cc(=O)n3[nH]c(-c4ccccc4)nc3n2)CCCCC1. The van der Waals surface area contributed by atoms with E-state index in [1.165, 1.54) is 17.0 Å². The molecule has 2 aliphatic rings. The van der Waals surface area contributed by atoms with E-state index in [0.29, 0.717) is 17.3 Å². The minimum absolute atomic E-state index is 0.112. The van der Waals surface area contributed by atoms with Crippen molar-refractivity contribution in [3.63, 3.8) is 0 Å². The van der Waals surface area contributed by atoms with Gasteiger partial charge in [0, 0.05) is 24.7 Å². The summed E-state index contributed by atoms with van der Waals surface area (Å²) < 4.78 is 7.66. The van der Waals surface area contributed by atoms with Gasteiger partial charge in [-0.3, -0.25) is 14.7 Å². The van der Waals surface area contributed by atoms with Crippen molar-refractivity contribution < 1.29 is 9.53 Å². The van der Waals surface area contributed by atoms with Gasteiger partial charge in [0.1, 0.15) is 5.60 Å². The number of likely N-dealkylation sites (tertiary alicyclic amines) is 1. The van der Waals surface area contributed by atoms with Crippen LogP contribution in [0.2, 0.25) is 0 Å². The lowest BCUT2D eigenvalue weighted by Gasteiger charge is -2.40. The number of aromatic amines is 1. The number of hydrogen-bond acceptors (Lipinski definition) is 5. The Morgan fingerprint density at radius 2 is 1.72 bits per heavy atom. The number of H-pyrrole nitrogens is 1. The van der Waals surface area contributed by atoms with E-state index in [1.54, 1.807) is 0 Å². The largest absolute Gasteiger partial charge is 0.359 e. The number of piperidine rings is 1. The molecule has 2 fully saturated rings. The van der Waals surface area contributed by atoms with Crippen molar-refractivity contribution in [2.45, 2.75) is 63.6 Å². The summed E-state index contributed by atoms with van der Waals surface area (Å²) >= 11 is 0. The van der Waals surface area contributed by atoms with Crippen LogP contribution in [0.3, 0.4) is 0 Å². The van der Waals surface area contributed by atoms with Crippen LogP contribution in [0.15, 0.2) is 41.2 Å². The zero-order chi connectivity index (χ0) is 22.0. The molecule has 3 aromatic rings. The minimum Gasteiger partial charge on any atom is -0.359 e. The van der Waals surface area contributed by atoms with E-state index in [1.807, 2.05) is 35.2 Å². The molecule has 168 valence electrons. The van der Waals surface area contributed by atoms with Crippen LogP contribution >= 0.6 is 0 Å². The standard InChI is InChI=1S/C24H29N5O3/c30-20-16-19(25-23-26-21(27-29(20)23)18-10-4-1-5-11-18)17-32-24(12-6-2-7-13-24)22(31)28-14-8-3-9-15-28/h1,4-5,10-11,16H,2-3,6-9,12-15,17H2,(H,25,26,27). The van der Waals surface area contributed by atoms with Crippen LogP contribution in [0.4, 0.5) is 0 Å². The van der Waals surface area contributed by atoms with Gasteiger partial charge in [-0.1, -0.05) is 49.6 Å². The number of nitrogens with one attached hydrogen (secondary N) is 1. The number of nitrogens with zero attached hydrogens (tertiary/aromatic N) is 4. The summed E-state index contributed by atoms with van der Waals surface area (Å²) in [6.45, 7) is 1.74. The highest BCUT2D eigenvalue weighted by molar-refractivity contribution is 5.85. The van der Waals surface area contributed by atoms with Gasteiger partial charge in [-0.2, -0.15) is 9.50 Å². The van der Waals surface area contributed by atoms with Gasteiger partial charge in [0.05, 0.1) is 12.3 Å². The molecule has 8 heteroatoms. The van der Waals surface area contributed by atoms with Crippen LogP contribution in [0.5, 0.6) is 0 Å². The molecule has 0 unspecified atom stereocenters. The van der Waals surface area contributed by atoms with E-state index in [4.69, 9.17) is 4.74 Å². The minimum atomic E-state index is -0.802. The Bertz CT molecular complexity index is 1140. The second-order valence-electron chi connectivity index (χ2n) is 8.86. The normalized spacial score (nSPS) is 18.7. The average Bonchev–Trinajstić information content (AvgIpc) is 3.29. The Morgan fingerprint density at radius 1 is 1.00 bits per heavy atom. The maximum Gasteiger partial charge on any atom is 0.274 e. The van der Waals surface area contributed by atoms with E-state index in [-0.39, 0.29) is 18.1 Å². The van der Waals surface area contributed by atoms with Crippen LogP contribution in [0, 0.1) is 0 Å². The summed E-state index contributed by atoms with van der Waals surface area (Å²) in [4.78, 5) is 37.1. The second kappa shape index (κ2) is 8.86. The van der Waals surface area contributed by atoms with Crippen molar-refractivity contribution in [3.8, 4) is 11.4 Å². The molecule has 3 heterocycles. The van der Waals surface area contributed by atoms with Crippen molar-refractivity contribution in [3.05, 3.63) is 52.4 Å². The van der Waals surface area contributed by atoms with Crippen LogP contribution in [-0.2, 0) is 16.1 Å². The van der Waals surface area contributed by atoms with E-state index in [9.17, 15) is 9.59 Å². The first-order valence-electron chi connectivity index (χ1n) is 11.6. The van der Waals surface area contributed by atoms with Crippen molar-refractivity contribution >= 4 is 11.7 Å². The molecule has 1 aliphatic heterocycles. The Kier molecular flexibility index (Phi) is 5.78. The van der Waals surface area contributed by atoms with Gasteiger partial charge >= 0.3 is 0 Å². The second-order valence-corrected chi connectivity index (χ2v) is 8.86. The number of carbonyl (C=O) groups is 1. The molecule has 32 heavy (non-hydrogen) atoms. The fraction of sp³-hybridized carbons (Fsp3) is 0.500. The molecule has 2 aromatic heterocycles.